The van der Waals surface area contributed by atoms with Crippen molar-refractivity contribution in [1.29, 1.82) is 0 Å². The van der Waals surface area contributed by atoms with Crippen LogP contribution in [0.15, 0.2) is 12.1 Å². The molecule has 1 atom stereocenters. The largest absolute Gasteiger partial charge is 0.335 e. The smallest absolute Gasteiger partial charge is 0.325 e. The van der Waals surface area contributed by atoms with Crippen LogP contribution in [0.3, 0.4) is 0 Å². The van der Waals surface area contributed by atoms with Crippen LogP contribution in [0.2, 0.25) is 0 Å². The van der Waals surface area contributed by atoms with Crippen LogP contribution in [0.25, 0.3) is 0 Å². The van der Waals surface area contributed by atoms with Gasteiger partial charge in [0.05, 0.1) is 6.54 Å². The minimum absolute atomic E-state index is 0.180. The van der Waals surface area contributed by atoms with Crippen LogP contribution in [0.4, 0.5) is 10.5 Å². The summed E-state index contributed by atoms with van der Waals surface area (Å²) in [5.41, 5.74) is 2.72. The second-order valence-electron chi connectivity index (χ2n) is 7.58. The van der Waals surface area contributed by atoms with Crippen LogP contribution in [0.1, 0.15) is 37.0 Å². The molecular formula is C20H28N4O4. The van der Waals surface area contributed by atoms with E-state index in [1.54, 1.807) is 13.8 Å². The van der Waals surface area contributed by atoms with E-state index in [2.05, 4.69) is 10.6 Å². The third kappa shape index (κ3) is 4.32. The highest BCUT2D eigenvalue weighted by Gasteiger charge is 2.47. The second kappa shape index (κ2) is 8.00. The quantitative estimate of drug-likeness (QED) is 0.725. The highest BCUT2D eigenvalue weighted by atomic mass is 16.2. The first kappa shape index (κ1) is 21.4. The maximum absolute atomic E-state index is 12.4. The molecule has 1 saturated heterocycles. The average molecular weight is 388 g/mol. The molecule has 8 nitrogen and oxygen atoms in total. The van der Waals surface area contributed by atoms with Crippen molar-refractivity contribution >= 4 is 29.4 Å². The molecule has 152 valence electrons. The van der Waals surface area contributed by atoms with Crippen molar-refractivity contribution in [2.24, 2.45) is 0 Å². The van der Waals surface area contributed by atoms with Crippen LogP contribution in [-0.2, 0) is 14.4 Å². The van der Waals surface area contributed by atoms with Gasteiger partial charge in [-0.05, 0) is 45.2 Å². The number of benzene rings is 1. The molecule has 0 radical (unpaired) electrons. The molecule has 2 rings (SSSR count). The van der Waals surface area contributed by atoms with Gasteiger partial charge in [0.15, 0.2) is 0 Å². The molecule has 5 amide bonds. The standard InChI is InChI=1S/C20H28N4O4/c1-7-20(5)18(27)24(19(28)22-20)11-16(26)23(6)10-15(25)21-17-13(3)8-12(2)9-14(17)4/h8-9H,7,10-11H2,1-6H3,(H,21,25)(H,22,28)/t20-/m1/s1. The zero-order valence-electron chi connectivity index (χ0n) is 17.3. The topological polar surface area (TPSA) is 98.8 Å². The molecule has 0 aliphatic carbocycles. The van der Waals surface area contributed by atoms with Crippen LogP contribution in [0.5, 0.6) is 0 Å². The SMILES string of the molecule is CC[C@@]1(C)NC(=O)N(CC(=O)N(C)CC(=O)Nc2c(C)cc(C)cc2C)C1=O. The first-order valence-corrected chi connectivity index (χ1v) is 9.24. The van der Waals surface area contributed by atoms with Gasteiger partial charge < -0.3 is 15.5 Å². The van der Waals surface area contributed by atoms with E-state index in [1.165, 1.54) is 11.9 Å². The predicted octanol–water partition coefficient (Wildman–Crippen LogP) is 1.73. The summed E-state index contributed by atoms with van der Waals surface area (Å²) in [5, 5.41) is 5.43. The molecule has 8 heteroatoms. The van der Waals surface area contributed by atoms with Crippen LogP contribution in [0, 0.1) is 20.8 Å². The lowest BCUT2D eigenvalue weighted by atomic mass is 9.99. The number of nitrogens with zero attached hydrogens (tertiary/aromatic N) is 2. The Hall–Kier alpha value is -2.90. The average Bonchev–Trinajstić information content (AvgIpc) is 2.81. The van der Waals surface area contributed by atoms with Gasteiger partial charge in [-0.1, -0.05) is 24.6 Å². The number of urea groups is 1. The van der Waals surface area contributed by atoms with Gasteiger partial charge in [0.25, 0.3) is 5.91 Å². The van der Waals surface area contributed by atoms with Crippen LogP contribution < -0.4 is 10.6 Å². The predicted molar refractivity (Wildman–Crippen MR) is 106 cm³/mol. The molecule has 0 unspecified atom stereocenters. The van der Waals surface area contributed by atoms with Crippen molar-refractivity contribution in [2.45, 2.75) is 46.6 Å². The van der Waals surface area contributed by atoms with Gasteiger partial charge in [-0.2, -0.15) is 0 Å². The summed E-state index contributed by atoms with van der Waals surface area (Å²) in [6, 6.07) is 3.35. The summed E-state index contributed by atoms with van der Waals surface area (Å²) >= 11 is 0. The number of anilines is 1. The lowest BCUT2D eigenvalue weighted by Gasteiger charge is -2.22. The Morgan fingerprint density at radius 2 is 1.75 bits per heavy atom. The minimum Gasteiger partial charge on any atom is -0.335 e. The number of amides is 5. The Kier molecular flexibility index (Phi) is 6.11. The minimum atomic E-state index is -0.992. The molecule has 0 spiro atoms. The van der Waals surface area contributed by atoms with Gasteiger partial charge in [0, 0.05) is 12.7 Å². The molecule has 1 heterocycles. The van der Waals surface area contributed by atoms with Crippen molar-refractivity contribution < 1.29 is 19.2 Å². The van der Waals surface area contributed by atoms with Crippen molar-refractivity contribution in [3.8, 4) is 0 Å². The molecule has 0 aromatic heterocycles. The van der Waals surface area contributed by atoms with Crippen LogP contribution >= 0.6 is 0 Å². The van der Waals surface area contributed by atoms with E-state index in [4.69, 9.17) is 0 Å². The van der Waals surface area contributed by atoms with E-state index >= 15 is 0 Å². The first-order valence-electron chi connectivity index (χ1n) is 9.24. The van der Waals surface area contributed by atoms with E-state index in [9.17, 15) is 19.2 Å². The number of hydrogen-bond acceptors (Lipinski definition) is 4. The van der Waals surface area contributed by atoms with E-state index < -0.39 is 29.9 Å². The van der Waals surface area contributed by atoms with E-state index in [0.29, 0.717) is 6.42 Å². The Morgan fingerprint density at radius 1 is 1.18 bits per heavy atom. The summed E-state index contributed by atoms with van der Waals surface area (Å²) in [5.74, 6) is -1.27. The van der Waals surface area contributed by atoms with Crippen molar-refractivity contribution in [1.82, 2.24) is 15.1 Å². The molecule has 1 aliphatic rings. The van der Waals surface area contributed by atoms with Gasteiger partial charge >= 0.3 is 6.03 Å². The molecule has 1 fully saturated rings. The van der Waals surface area contributed by atoms with Crippen molar-refractivity contribution in [3.05, 3.63) is 28.8 Å². The van der Waals surface area contributed by atoms with E-state index in [1.807, 2.05) is 32.9 Å². The Balaban J connectivity index is 1.98. The molecular weight excluding hydrogens is 360 g/mol. The number of aryl methyl sites for hydroxylation is 3. The lowest BCUT2D eigenvalue weighted by Crippen LogP contribution is -2.46. The number of nitrogens with one attached hydrogen (secondary N) is 2. The van der Waals surface area contributed by atoms with Crippen molar-refractivity contribution in [3.63, 3.8) is 0 Å². The number of imide groups is 1. The molecule has 2 N–H and O–H groups in total. The molecule has 0 saturated carbocycles. The normalized spacial score (nSPS) is 18.9. The molecule has 1 aromatic rings. The van der Waals surface area contributed by atoms with Gasteiger partial charge in [-0.25, -0.2) is 4.79 Å². The van der Waals surface area contributed by atoms with Crippen molar-refractivity contribution in [2.75, 3.05) is 25.5 Å². The third-order valence-corrected chi connectivity index (χ3v) is 5.09. The van der Waals surface area contributed by atoms with Gasteiger partial charge in [0.2, 0.25) is 11.8 Å². The number of rotatable bonds is 6. The Bertz CT molecular complexity index is 812. The summed E-state index contributed by atoms with van der Waals surface area (Å²) in [4.78, 5) is 51.3. The fourth-order valence-electron chi connectivity index (χ4n) is 3.25. The number of carbonyl (C=O) groups is 4. The highest BCUT2D eigenvalue weighted by molar-refractivity contribution is 6.09. The maximum Gasteiger partial charge on any atom is 0.325 e. The number of carbonyl (C=O) groups excluding carboxylic acids is 4. The molecule has 1 aliphatic heterocycles. The maximum atomic E-state index is 12.4. The molecule has 1 aromatic carbocycles. The zero-order valence-corrected chi connectivity index (χ0v) is 17.3. The Morgan fingerprint density at radius 3 is 2.25 bits per heavy atom. The van der Waals surface area contributed by atoms with Crippen LogP contribution in [-0.4, -0.2) is 59.2 Å². The Labute approximate surface area is 165 Å². The summed E-state index contributed by atoms with van der Waals surface area (Å²) < 4.78 is 0. The van der Waals surface area contributed by atoms with Gasteiger partial charge in [0.1, 0.15) is 12.1 Å². The number of hydrogen-bond donors (Lipinski definition) is 2. The first-order chi connectivity index (χ1) is 13.0. The monoisotopic (exact) mass is 388 g/mol. The summed E-state index contributed by atoms with van der Waals surface area (Å²) in [7, 11) is 1.47. The van der Waals surface area contributed by atoms with E-state index in [0.717, 1.165) is 27.3 Å². The fraction of sp³-hybridized carbons (Fsp3) is 0.500. The third-order valence-electron chi connectivity index (χ3n) is 5.09. The van der Waals surface area contributed by atoms with Gasteiger partial charge in [-0.3, -0.25) is 19.3 Å². The second-order valence-corrected chi connectivity index (χ2v) is 7.58. The highest BCUT2D eigenvalue weighted by Crippen LogP contribution is 2.22. The zero-order chi connectivity index (χ0) is 21.2. The van der Waals surface area contributed by atoms with Gasteiger partial charge in [-0.15, -0.1) is 0 Å². The molecule has 28 heavy (non-hydrogen) atoms. The number of likely N-dealkylation sites (N-methyl/N-ethyl adjacent to an activating group) is 1. The van der Waals surface area contributed by atoms with E-state index in [-0.39, 0.29) is 12.5 Å². The summed E-state index contributed by atoms with van der Waals surface area (Å²) in [6.07, 6.45) is 0.426. The lowest BCUT2D eigenvalue weighted by molar-refractivity contribution is -0.139. The summed E-state index contributed by atoms with van der Waals surface area (Å²) in [6.45, 7) is 8.64. The fourth-order valence-corrected chi connectivity index (χ4v) is 3.25. The molecule has 0 bridgehead atoms.